The van der Waals surface area contributed by atoms with E-state index in [0.717, 1.165) is 14.5 Å². The fourth-order valence-electron chi connectivity index (χ4n) is 2.27. The Hall–Kier alpha value is -2.10. The highest BCUT2D eigenvalue weighted by Gasteiger charge is 2.14. The van der Waals surface area contributed by atoms with E-state index in [0.29, 0.717) is 30.4 Å². The Morgan fingerprint density at radius 3 is 2.59 bits per heavy atom. The van der Waals surface area contributed by atoms with Gasteiger partial charge in [-0.15, -0.1) is 0 Å². The molecule has 0 aliphatic heterocycles. The highest BCUT2D eigenvalue weighted by molar-refractivity contribution is 9.11. The first-order valence-electron chi connectivity index (χ1n) is 8.46. The minimum Gasteiger partial charge on any atom is -0.492 e. The Labute approximate surface area is 176 Å². The summed E-state index contributed by atoms with van der Waals surface area (Å²) in [6.45, 7) is 5.00. The van der Waals surface area contributed by atoms with Gasteiger partial charge in [0, 0.05) is 16.6 Å². The van der Waals surface area contributed by atoms with Crippen molar-refractivity contribution < 1.29 is 9.53 Å². The molecule has 27 heavy (non-hydrogen) atoms. The minimum absolute atomic E-state index is 0.0188. The van der Waals surface area contributed by atoms with Gasteiger partial charge in [-0.05, 0) is 45.6 Å². The van der Waals surface area contributed by atoms with Gasteiger partial charge in [0.05, 0.1) is 11.1 Å². The lowest BCUT2D eigenvalue weighted by molar-refractivity contribution is -0.117. The average molecular weight is 492 g/mol. The Morgan fingerprint density at radius 2 is 1.96 bits per heavy atom. The van der Waals surface area contributed by atoms with Crippen molar-refractivity contribution in [2.24, 2.45) is 5.92 Å². The van der Waals surface area contributed by atoms with E-state index in [1.807, 2.05) is 48.5 Å². The molecule has 0 atom stereocenters. The van der Waals surface area contributed by atoms with Crippen molar-refractivity contribution in [3.05, 3.63) is 68.1 Å². The summed E-state index contributed by atoms with van der Waals surface area (Å²) >= 11 is 6.93. The summed E-state index contributed by atoms with van der Waals surface area (Å²) in [6, 6.07) is 15.2. The van der Waals surface area contributed by atoms with Crippen LogP contribution in [0, 0.1) is 17.2 Å². The van der Waals surface area contributed by atoms with E-state index in [1.54, 1.807) is 6.08 Å². The molecule has 0 fully saturated rings. The molecule has 0 saturated heterocycles. The van der Waals surface area contributed by atoms with Gasteiger partial charge in [0.25, 0.3) is 5.91 Å². The minimum atomic E-state index is -0.424. The summed E-state index contributed by atoms with van der Waals surface area (Å²) in [5.74, 6) is 0.532. The number of carbonyl (C=O) groups excluding carboxylic acids is 1. The topological polar surface area (TPSA) is 62.1 Å². The number of amides is 1. The quantitative estimate of drug-likeness (QED) is 0.412. The van der Waals surface area contributed by atoms with Crippen LogP contribution in [0.3, 0.4) is 0 Å². The number of ether oxygens (including phenoxy) is 1. The van der Waals surface area contributed by atoms with Gasteiger partial charge in [-0.2, -0.15) is 5.26 Å². The molecule has 0 aromatic heterocycles. The van der Waals surface area contributed by atoms with Crippen LogP contribution in [0.4, 0.5) is 0 Å². The number of hydrogen-bond donors (Lipinski definition) is 1. The maximum Gasteiger partial charge on any atom is 0.262 e. The summed E-state index contributed by atoms with van der Waals surface area (Å²) in [7, 11) is 0. The van der Waals surface area contributed by atoms with Crippen LogP contribution in [0.2, 0.25) is 0 Å². The molecule has 0 saturated carbocycles. The van der Waals surface area contributed by atoms with Crippen molar-refractivity contribution in [2.45, 2.75) is 20.4 Å². The van der Waals surface area contributed by atoms with Crippen molar-refractivity contribution in [2.75, 3.05) is 6.61 Å². The first-order valence-corrected chi connectivity index (χ1v) is 10.0. The maximum absolute atomic E-state index is 12.4. The first kappa shape index (κ1) is 21.2. The first-order chi connectivity index (χ1) is 12.9. The van der Waals surface area contributed by atoms with E-state index >= 15 is 0 Å². The van der Waals surface area contributed by atoms with Gasteiger partial charge in [0.1, 0.15) is 17.4 Å². The van der Waals surface area contributed by atoms with Crippen LogP contribution in [0.1, 0.15) is 25.0 Å². The molecule has 1 N–H and O–H groups in total. The number of benzene rings is 2. The fourth-order valence-corrected chi connectivity index (χ4v) is 3.64. The third kappa shape index (κ3) is 6.53. The fraction of sp³-hybridized carbons (Fsp3) is 0.238. The molecule has 0 unspecified atom stereocenters. The Bertz CT molecular complexity index is 872. The second-order valence-corrected chi connectivity index (χ2v) is 8.12. The van der Waals surface area contributed by atoms with E-state index in [-0.39, 0.29) is 5.57 Å². The molecule has 0 radical (unpaired) electrons. The zero-order chi connectivity index (χ0) is 19.8. The monoisotopic (exact) mass is 490 g/mol. The van der Waals surface area contributed by atoms with Crippen molar-refractivity contribution in [1.82, 2.24) is 5.32 Å². The molecule has 2 aromatic rings. The number of nitrogens with one attached hydrogen (secondary N) is 1. The Balaban J connectivity index is 2.25. The molecule has 0 spiro atoms. The van der Waals surface area contributed by atoms with Gasteiger partial charge in [-0.1, -0.05) is 60.1 Å². The number of nitrogens with zero attached hydrogens (tertiary/aromatic N) is 1. The number of halogens is 2. The number of nitriles is 1. The molecule has 1 amide bonds. The van der Waals surface area contributed by atoms with E-state index in [9.17, 15) is 10.1 Å². The number of hydrogen-bond acceptors (Lipinski definition) is 3. The molecule has 2 aromatic carbocycles. The summed E-state index contributed by atoms with van der Waals surface area (Å²) in [4.78, 5) is 12.4. The van der Waals surface area contributed by atoms with Crippen molar-refractivity contribution in [3.63, 3.8) is 0 Å². The average Bonchev–Trinajstić information content (AvgIpc) is 2.63. The predicted octanol–water partition coefficient (Wildman–Crippen LogP) is 5.47. The van der Waals surface area contributed by atoms with E-state index < -0.39 is 5.91 Å². The molecule has 4 nitrogen and oxygen atoms in total. The van der Waals surface area contributed by atoms with Crippen LogP contribution >= 0.6 is 31.9 Å². The van der Waals surface area contributed by atoms with Crippen LogP contribution in [0.5, 0.6) is 5.75 Å². The number of rotatable bonds is 7. The lowest BCUT2D eigenvalue weighted by Gasteiger charge is -2.14. The highest BCUT2D eigenvalue weighted by Crippen LogP contribution is 2.34. The summed E-state index contributed by atoms with van der Waals surface area (Å²) in [5.41, 5.74) is 1.64. The summed E-state index contributed by atoms with van der Waals surface area (Å²) < 4.78 is 7.46. The van der Waals surface area contributed by atoms with Gasteiger partial charge in [0.15, 0.2) is 0 Å². The normalized spacial score (nSPS) is 11.2. The molecule has 0 bridgehead atoms. The lowest BCUT2D eigenvalue weighted by Crippen LogP contribution is -2.23. The summed E-state index contributed by atoms with van der Waals surface area (Å²) in [5, 5.41) is 12.2. The molecule has 6 heteroatoms. The third-order valence-corrected chi connectivity index (χ3v) is 4.61. The van der Waals surface area contributed by atoms with E-state index in [4.69, 9.17) is 4.74 Å². The van der Waals surface area contributed by atoms with Gasteiger partial charge >= 0.3 is 0 Å². The Kier molecular flexibility index (Phi) is 8.08. The van der Waals surface area contributed by atoms with Gasteiger partial charge < -0.3 is 10.1 Å². The second kappa shape index (κ2) is 10.3. The second-order valence-electron chi connectivity index (χ2n) is 6.35. The highest BCUT2D eigenvalue weighted by atomic mass is 79.9. The Morgan fingerprint density at radius 1 is 1.26 bits per heavy atom. The van der Waals surface area contributed by atoms with Gasteiger partial charge in [-0.25, -0.2) is 0 Å². The predicted molar refractivity (Wildman–Crippen MR) is 114 cm³/mol. The van der Waals surface area contributed by atoms with Crippen LogP contribution < -0.4 is 10.1 Å². The third-order valence-electron chi connectivity index (χ3n) is 3.56. The zero-order valence-electron chi connectivity index (χ0n) is 15.1. The maximum atomic E-state index is 12.4. The lowest BCUT2D eigenvalue weighted by atomic mass is 10.1. The van der Waals surface area contributed by atoms with Crippen LogP contribution in [-0.2, 0) is 11.3 Å². The molecule has 0 aliphatic carbocycles. The zero-order valence-corrected chi connectivity index (χ0v) is 18.3. The molecule has 0 aliphatic rings. The standard InChI is InChI=1S/C21H20Br2N2O2/c1-14(2)13-27-20-16(9-18(22)10-19(20)23)8-17(11-24)21(26)25-12-15-6-4-3-5-7-15/h3-10,14H,12-13H2,1-2H3,(H,25,26)/b17-8+. The van der Waals surface area contributed by atoms with Crippen molar-refractivity contribution in [1.29, 1.82) is 5.26 Å². The van der Waals surface area contributed by atoms with Crippen molar-refractivity contribution >= 4 is 43.8 Å². The SMILES string of the molecule is CC(C)COc1c(Br)cc(Br)cc1/C=C(\C#N)C(=O)NCc1ccccc1. The molecular formula is C21H20Br2N2O2. The molecule has 0 heterocycles. The smallest absolute Gasteiger partial charge is 0.262 e. The van der Waals surface area contributed by atoms with Crippen LogP contribution in [0.15, 0.2) is 57.0 Å². The van der Waals surface area contributed by atoms with E-state index in [2.05, 4.69) is 51.0 Å². The van der Waals surface area contributed by atoms with E-state index in [1.165, 1.54) is 0 Å². The number of carbonyl (C=O) groups is 1. The van der Waals surface area contributed by atoms with Crippen LogP contribution in [0.25, 0.3) is 6.08 Å². The molecular weight excluding hydrogens is 472 g/mol. The van der Waals surface area contributed by atoms with Gasteiger partial charge in [0.2, 0.25) is 0 Å². The van der Waals surface area contributed by atoms with Crippen molar-refractivity contribution in [3.8, 4) is 11.8 Å². The summed E-state index contributed by atoms with van der Waals surface area (Å²) in [6.07, 6.45) is 1.55. The molecule has 2 rings (SSSR count). The largest absolute Gasteiger partial charge is 0.492 e. The van der Waals surface area contributed by atoms with Crippen LogP contribution in [-0.4, -0.2) is 12.5 Å². The molecule has 140 valence electrons. The van der Waals surface area contributed by atoms with Gasteiger partial charge in [-0.3, -0.25) is 4.79 Å².